The van der Waals surface area contributed by atoms with Crippen molar-refractivity contribution < 1.29 is 0 Å². The highest BCUT2D eigenvalue weighted by atomic mass is 79.9. The van der Waals surface area contributed by atoms with Gasteiger partial charge in [0.05, 0.1) is 0 Å². The van der Waals surface area contributed by atoms with Gasteiger partial charge in [-0.15, -0.1) is 0 Å². The van der Waals surface area contributed by atoms with E-state index in [-0.39, 0.29) is 5.84 Å². The predicted molar refractivity (Wildman–Crippen MR) is 54.9 cm³/mol. The van der Waals surface area contributed by atoms with E-state index in [0.717, 1.165) is 4.47 Å². The van der Waals surface area contributed by atoms with Gasteiger partial charge in [0, 0.05) is 15.7 Å². The van der Waals surface area contributed by atoms with Gasteiger partial charge in [0.1, 0.15) is 0 Å². The summed E-state index contributed by atoms with van der Waals surface area (Å²) in [7, 11) is 0. The van der Waals surface area contributed by atoms with Crippen molar-refractivity contribution in [3.8, 4) is 0 Å². The Morgan fingerprint density at radius 3 is 2.83 bits per heavy atom. The van der Waals surface area contributed by atoms with E-state index in [1.54, 1.807) is 12.1 Å². The minimum absolute atomic E-state index is 0.0915. The number of hydrogen-bond acceptors (Lipinski definition) is 2. The first-order chi connectivity index (χ1) is 5.65. The standard InChI is InChI=1S/C8H8BrN3/c1-12-8(11)6-4-5(9)2-3-7(6)10/h2-4,11H,1,10H2. The van der Waals surface area contributed by atoms with Gasteiger partial charge in [-0.1, -0.05) is 15.9 Å². The number of amidine groups is 1. The van der Waals surface area contributed by atoms with Crippen LogP contribution in [-0.4, -0.2) is 12.6 Å². The van der Waals surface area contributed by atoms with Crippen molar-refractivity contribution in [3.05, 3.63) is 28.2 Å². The molecule has 62 valence electrons. The zero-order valence-electron chi connectivity index (χ0n) is 6.34. The third-order valence-electron chi connectivity index (χ3n) is 1.43. The lowest BCUT2D eigenvalue weighted by Gasteiger charge is -2.02. The Labute approximate surface area is 78.9 Å². The zero-order chi connectivity index (χ0) is 9.14. The topological polar surface area (TPSA) is 62.2 Å². The van der Waals surface area contributed by atoms with E-state index < -0.39 is 0 Å². The normalized spacial score (nSPS) is 9.42. The molecule has 0 saturated carbocycles. The maximum absolute atomic E-state index is 7.39. The van der Waals surface area contributed by atoms with Crippen LogP contribution in [0.5, 0.6) is 0 Å². The molecule has 0 aliphatic carbocycles. The van der Waals surface area contributed by atoms with Gasteiger partial charge in [-0.2, -0.15) is 0 Å². The largest absolute Gasteiger partial charge is 0.398 e. The molecule has 0 saturated heterocycles. The van der Waals surface area contributed by atoms with E-state index >= 15 is 0 Å². The number of nitrogen functional groups attached to an aromatic ring is 1. The molecular weight excluding hydrogens is 218 g/mol. The van der Waals surface area contributed by atoms with Gasteiger partial charge in [0.25, 0.3) is 0 Å². The molecule has 12 heavy (non-hydrogen) atoms. The number of nitrogens with two attached hydrogens (primary N) is 1. The van der Waals surface area contributed by atoms with Gasteiger partial charge in [-0.05, 0) is 24.9 Å². The molecule has 0 atom stereocenters. The van der Waals surface area contributed by atoms with Crippen molar-refractivity contribution in [3.63, 3.8) is 0 Å². The second kappa shape index (κ2) is 3.49. The Morgan fingerprint density at radius 2 is 2.25 bits per heavy atom. The number of hydrogen-bond donors (Lipinski definition) is 2. The van der Waals surface area contributed by atoms with Crippen LogP contribution >= 0.6 is 15.9 Å². The van der Waals surface area contributed by atoms with Gasteiger partial charge < -0.3 is 5.73 Å². The fourth-order valence-electron chi connectivity index (χ4n) is 0.819. The summed E-state index contributed by atoms with van der Waals surface area (Å²) in [6.45, 7) is 3.26. The first kappa shape index (κ1) is 8.93. The lowest BCUT2D eigenvalue weighted by atomic mass is 10.2. The number of rotatable bonds is 1. The van der Waals surface area contributed by atoms with E-state index in [4.69, 9.17) is 11.1 Å². The number of halogens is 1. The van der Waals surface area contributed by atoms with E-state index in [1.165, 1.54) is 0 Å². The molecule has 0 radical (unpaired) electrons. The van der Waals surface area contributed by atoms with Crippen LogP contribution in [0.2, 0.25) is 0 Å². The number of nitrogens with one attached hydrogen (secondary N) is 1. The molecule has 0 unspecified atom stereocenters. The smallest absolute Gasteiger partial charge is 0.153 e. The third-order valence-corrected chi connectivity index (χ3v) is 1.92. The first-order valence-electron chi connectivity index (χ1n) is 3.26. The Hall–Kier alpha value is -1.16. The number of nitrogens with zero attached hydrogens (tertiary/aromatic N) is 1. The van der Waals surface area contributed by atoms with Crippen LogP contribution in [-0.2, 0) is 0 Å². The van der Waals surface area contributed by atoms with Crippen molar-refractivity contribution in [2.75, 3.05) is 5.73 Å². The molecule has 4 heteroatoms. The van der Waals surface area contributed by atoms with Crippen molar-refractivity contribution in [2.45, 2.75) is 0 Å². The van der Waals surface area contributed by atoms with Gasteiger partial charge in [0.2, 0.25) is 0 Å². The van der Waals surface area contributed by atoms with E-state index in [2.05, 4.69) is 27.6 Å². The quantitative estimate of drug-likeness (QED) is 0.429. The summed E-state index contributed by atoms with van der Waals surface area (Å²) in [5.41, 5.74) is 6.75. The molecular formula is C8H8BrN3. The van der Waals surface area contributed by atoms with Crippen LogP contribution in [0.25, 0.3) is 0 Å². The van der Waals surface area contributed by atoms with Crippen molar-refractivity contribution in [1.29, 1.82) is 5.41 Å². The SMILES string of the molecule is C=NC(=N)c1cc(Br)ccc1N. The number of aliphatic imine (C=N–C) groups is 1. The molecule has 0 aliphatic heterocycles. The maximum atomic E-state index is 7.39. The maximum Gasteiger partial charge on any atom is 0.153 e. The van der Waals surface area contributed by atoms with Gasteiger partial charge in [0.15, 0.2) is 5.84 Å². The second-order valence-electron chi connectivity index (χ2n) is 2.24. The molecule has 3 nitrogen and oxygen atoms in total. The van der Waals surface area contributed by atoms with E-state index in [0.29, 0.717) is 11.3 Å². The summed E-state index contributed by atoms with van der Waals surface area (Å²) in [5.74, 6) is 0.0915. The minimum atomic E-state index is 0.0915. The van der Waals surface area contributed by atoms with Crippen LogP contribution in [0.15, 0.2) is 27.7 Å². The summed E-state index contributed by atoms with van der Waals surface area (Å²) in [4.78, 5) is 3.49. The Kier molecular flexibility index (Phi) is 2.60. The van der Waals surface area contributed by atoms with E-state index in [1.807, 2.05) is 6.07 Å². The first-order valence-corrected chi connectivity index (χ1v) is 4.05. The Morgan fingerprint density at radius 1 is 1.58 bits per heavy atom. The lowest BCUT2D eigenvalue weighted by molar-refractivity contribution is 1.42. The third kappa shape index (κ3) is 1.71. The Balaban J connectivity index is 3.22. The van der Waals surface area contributed by atoms with Crippen molar-refractivity contribution in [2.24, 2.45) is 4.99 Å². The summed E-state index contributed by atoms with van der Waals surface area (Å²) in [5, 5.41) is 7.39. The highest BCUT2D eigenvalue weighted by molar-refractivity contribution is 9.10. The molecule has 0 bridgehead atoms. The fourth-order valence-corrected chi connectivity index (χ4v) is 1.18. The zero-order valence-corrected chi connectivity index (χ0v) is 7.93. The van der Waals surface area contributed by atoms with Gasteiger partial charge in [-0.25, -0.2) is 4.99 Å². The van der Waals surface area contributed by atoms with Crippen molar-refractivity contribution >= 4 is 34.2 Å². The number of benzene rings is 1. The molecule has 0 spiro atoms. The molecule has 1 aromatic rings. The summed E-state index contributed by atoms with van der Waals surface area (Å²) in [6.07, 6.45) is 0. The average molecular weight is 226 g/mol. The molecule has 1 aromatic carbocycles. The van der Waals surface area contributed by atoms with E-state index in [9.17, 15) is 0 Å². The average Bonchev–Trinajstić information content (AvgIpc) is 2.08. The van der Waals surface area contributed by atoms with Crippen LogP contribution in [0.1, 0.15) is 5.56 Å². The molecule has 0 heterocycles. The highest BCUT2D eigenvalue weighted by Crippen LogP contribution is 2.18. The Bertz CT molecular complexity index is 333. The molecule has 0 amide bonds. The molecule has 1 rings (SSSR count). The fraction of sp³-hybridized carbons (Fsp3) is 0. The monoisotopic (exact) mass is 225 g/mol. The van der Waals surface area contributed by atoms with Gasteiger partial charge in [-0.3, -0.25) is 5.41 Å². The minimum Gasteiger partial charge on any atom is -0.398 e. The highest BCUT2D eigenvalue weighted by Gasteiger charge is 2.03. The summed E-state index contributed by atoms with van der Waals surface area (Å²) >= 11 is 3.28. The second-order valence-corrected chi connectivity index (χ2v) is 3.15. The molecule has 0 fully saturated rings. The number of anilines is 1. The molecule has 3 N–H and O–H groups in total. The molecule has 0 aromatic heterocycles. The van der Waals surface area contributed by atoms with Gasteiger partial charge >= 0.3 is 0 Å². The van der Waals surface area contributed by atoms with Crippen LogP contribution in [0.3, 0.4) is 0 Å². The summed E-state index contributed by atoms with van der Waals surface area (Å²) in [6, 6.07) is 5.28. The predicted octanol–water partition coefficient (Wildman–Crippen LogP) is 2.06. The van der Waals surface area contributed by atoms with Crippen molar-refractivity contribution in [1.82, 2.24) is 0 Å². The van der Waals surface area contributed by atoms with Crippen LogP contribution < -0.4 is 5.73 Å². The molecule has 0 aliphatic rings. The van der Waals surface area contributed by atoms with Crippen LogP contribution in [0.4, 0.5) is 5.69 Å². The van der Waals surface area contributed by atoms with Crippen LogP contribution in [0, 0.1) is 5.41 Å². The summed E-state index contributed by atoms with van der Waals surface area (Å²) < 4.78 is 0.875. The lowest BCUT2D eigenvalue weighted by Crippen LogP contribution is -2.00.